The molecular formula is C9H17NO2S. The van der Waals surface area contributed by atoms with Crippen LogP contribution >= 0.6 is 12.6 Å². The first-order valence-corrected chi connectivity index (χ1v) is 5.29. The van der Waals surface area contributed by atoms with E-state index >= 15 is 0 Å². The Balaban J connectivity index is 2.36. The van der Waals surface area contributed by atoms with Crippen LogP contribution in [0, 0.1) is 0 Å². The maximum atomic E-state index is 11.3. The van der Waals surface area contributed by atoms with E-state index in [1.165, 1.54) is 0 Å². The molecule has 1 saturated heterocycles. The SMILES string of the molecule is CC1(NC(=O)CCS)CCOCC1. The summed E-state index contributed by atoms with van der Waals surface area (Å²) < 4.78 is 5.24. The van der Waals surface area contributed by atoms with E-state index in [1.54, 1.807) is 0 Å². The zero-order valence-corrected chi connectivity index (χ0v) is 8.90. The van der Waals surface area contributed by atoms with Crippen molar-refractivity contribution in [1.29, 1.82) is 0 Å². The molecule has 4 heteroatoms. The highest BCUT2D eigenvalue weighted by atomic mass is 32.1. The molecule has 1 heterocycles. The second-order valence-electron chi connectivity index (χ2n) is 3.69. The fourth-order valence-electron chi connectivity index (χ4n) is 1.45. The molecule has 0 aromatic heterocycles. The zero-order valence-electron chi connectivity index (χ0n) is 8.01. The Labute approximate surface area is 84.6 Å². The van der Waals surface area contributed by atoms with Crippen molar-refractivity contribution >= 4 is 18.5 Å². The van der Waals surface area contributed by atoms with Gasteiger partial charge in [-0.05, 0) is 25.5 Å². The molecule has 0 atom stereocenters. The van der Waals surface area contributed by atoms with Gasteiger partial charge in [0.05, 0.1) is 0 Å². The Morgan fingerprint density at radius 1 is 1.54 bits per heavy atom. The number of ether oxygens (including phenoxy) is 1. The standard InChI is InChI=1S/C9H17NO2S/c1-9(3-5-12-6-4-9)10-8(11)2-7-13/h13H,2-7H2,1H3,(H,10,11). The third-order valence-electron chi connectivity index (χ3n) is 2.38. The van der Waals surface area contributed by atoms with Gasteiger partial charge in [-0.25, -0.2) is 0 Å². The van der Waals surface area contributed by atoms with Crippen molar-refractivity contribution in [3.63, 3.8) is 0 Å². The van der Waals surface area contributed by atoms with Crippen molar-refractivity contribution in [3.05, 3.63) is 0 Å². The summed E-state index contributed by atoms with van der Waals surface area (Å²) in [5.41, 5.74) is -0.0573. The maximum Gasteiger partial charge on any atom is 0.221 e. The van der Waals surface area contributed by atoms with E-state index < -0.39 is 0 Å². The normalized spacial score (nSPS) is 21.1. The second kappa shape index (κ2) is 4.86. The van der Waals surface area contributed by atoms with Crippen LogP contribution in [0.1, 0.15) is 26.2 Å². The van der Waals surface area contributed by atoms with Gasteiger partial charge in [-0.15, -0.1) is 0 Å². The number of nitrogens with one attached hydrogen (secondary N) is 1. The first-order valence-electron chi connectivity index (χ1n) is 4.66. The molecule has 1 N–H and O–H groups in total. The van der Waals surface area contributed by atoms with E-state index in [2.05, 4.69) is 24.9 Å². The lowest BCUT2D eigenvalue weighted by atomic mass is 9.92. The number of hydrogen-bond donors (Lipinski definition) is 2. The van der Waals surface area contributed by atoms with Crippen LogP contribution in [0.3, 0.4) is 0 Å². The third kappa shape index (κ3) is 3.56. The zero-order chi connectivity index (χ0) is 9.73. The quantitative estimate of drug-likeness (QED) is 0.671. The number of hydrogen-bond acceptors (Lipinski definition) is 3. The molecule has 1 aliphatic heterocycles. The van der Waals surface area contributed by atoms with Crippen LogP contribution < -0.4 is 5.32 Å². The molecule has 3 nitrogen and oxygen atoms in total. The van der Waals surface area contributed by atoms with E-state index in [9.17, 15) is 4.79 Å². The van der Waals surface area contributed by atoms with E-state index in [0.29, 0.717) is 12.2 Å². The largest absolute Gasteiger partial charge is 0.381 e. The minimum absolute atomic E-state index is 0.0573. The smallest absolute Gasteiger partial charge is 0.221 e. The molecule has 0 saturated carbocycles. The van der Waals surface area contributed by atoms with Gasteiger partial charge in [-0.3, -0.25) is 4.79 Å². The number of rotatable bonds is 3. The maximum absolute atomic E-state index is 11.3. The monoisotopic (exact) mass is 203 g/mol. The van der Waals surface area contributed by atoms with Crippen molar-refractivity contribution in [2.45, 2.75) is 31.7 Å². The summed E-state index contributed by atoms with van der Waals surface area (Å²) in [6, 6.07) is 0. The summed E-state index contributed by atoms with van der Waals surface area (Å²) in [6.45, 7) is 3.57. The van der Waals surface area contributed by atoms with Gasteiger partial charge >= 0.3 is 0 Å². The number of amides is 1. The number of carbonyl (C=O) groups excluding carboxylic acids is 1. The minimum atomic E-state index is -0.0573. The van der Waals surface area contributed by atoms with Gasteiger partial charge in [-0.2, -0.15) is 12.6 Å². The van der Waals surface area contributed by atoms with E-state index in [-0.39, 0.29) is 11.4 Å². The molecule has 1 rings (SSSR count). The van der Waals surface area contributed by atoms with Crippen LogP contribution in [0.4, 0.5) is 0 Å². The highest BCUT2D eigenvalue weighted by Gasteiger charge is 2.28. The molecule has 0 aromatic carbocycles. The van der Waals surface area contributed by atoms with Crippen molar-refractivity contribution in [3.8, 4) is 0 Å². The van der Waals surface area contributed by atoms with E-state index in [1.807, 2.05) is 0 Å². The van der Waals surface area contributed by atoms with E-state index in [0.717, 1.165) is 26.1 Å². The van der Waals surface area contributed by atoms with Gasteiger partial charge in [0, 0.05) is 25.2 Å². The highest BCUT2D eigenvalue weighted by Crippen LogP contribution is 2.19. The fourth-order valence-corrected chi connectivity index (χ4v) is 1.65. The first-order chi connectivity index (χ1) is 6.16. The average Bonchev–Trinajstić information content (AvgIpc) is 2.04. The molecule has 0 unspecified atom stereocenters. The summed E-state index contributed by atoms with van der Waals surface area (Å²) in [5, 5.41) is 3.03. The molecular weight excluding hydrogens is 186 g/mol. The minimum Gasteiger partial charge on any atom is -0.381 e. The second-order valence-corrected chi connectivity index (χ2v) is 4.14. The molecule has 1 fully saturated rings. The summed E-state index contributed by atoms with van der Waals surface area (Å²) in [5.74, 6) is 0.706. The summed E-state index contributed by atoms with van der Waals surface area (Å²) in [7, 11) is 0. The van der Waals surface area contributed by atoms with Crippen LogP contribution in [-0.4, -0.2) is 30.4 Å². The molecule has 76 valence electrons. The molecule has 0 aromatic rings. The molecule has 0 bridgehead atoms. The van der Waals surface area contributed by atoms with Gasteiger partial charge in [0.1, 0.15) is 0 Å². The first kappa shape index (κ1) is 10.9. The van der Waals surface area contributed by atoms with Crippen LogP contribution in [0.5, 0.6) is 0 Å². The lowest BCUT2D eigenvalue weighted by molar-refractivity contribution is -0.123. The van der Waals surface area contributed by atoms with Crippen molar-refractivity contribution in [2.24, 2.45) is 0 Å². The Kier molecular flexibility index (Phi) is 4.06. The molecule has 1 aliphatic rings. The van der Waals surface area contributed by atoms with Crippen LogP contribution in [-0.2, 0) is 9.53 Å². The van der Waals surface area contributed by atoms with Crippen LogP contribution in [0.15, 0.2) is 0 Å². The Morgan fingerprint density at radius 2 is 2.15 bits per heavy atom. The van der Waals surface area contributed by atoms with Crippen molar-refractivity contribution < 1.29 is 9.53 Å². The highest BCUT2D eigenvalue weighted by molar-refractivity contribution is 7.80. The molecule has 0 radical (unpaired) electrons. The predicted molar refractivity (Wildman–Crippen MR) is 55.1 cm³/mol. The lowest BCUT2D eigenvalue weighted by Gasteiger charge is -2.34. The van der Waals surface area contributed by atoms with Gasteiger partial charge < -0.3 is 10.1 Å². The molecule has 13 heavy (non-hydrogen) atoms. The Bertz CT molecular complexity index is 178. The molecule has 0 spiro atoms. The lowest BCUT2D eigenvalue weighted by Crippen LogP contribution is -2.49. The molecule has 0 aliphatic carbocycles. The Hall–Kier alpha value is -0.220. The predicted octanol–water partition coefficient (Wildman–Crippen LogP) is 0.992. The van der Waals surface area contributed by atoms with Gasteiger partial charge in [0.2, 0.25) is 5.91 Å². The summed E-state index contributed by atoms with van der Waals surface area (Å²) in [6.07, 6.45) is 2.32. The van der Waals surface area contributed by atoms with Gasteiger partial charge in [0.15, 0.2) is 0 Å². The van der Waals surface area contributed by atoms with Gasteiger partial charge in [-0.1, -0.05) is 0 Å². The summed E-state index contributed by atoms with van der Waals surface area (Å²) >= 11 is 4.02. The average molecular weight is 203 g/mol. The number of carbonyl (C=O) groups is 1. The fraction of sp³-hybridized carbons (Fsp3) is 0.889. The summed E-state index contributed by atoms with van der Waals surface area (Å²) in [4.78, 5) is 11.3. The molecule has 1 amide bonds. The third-order valence-corrected chi connectivity index (χ3v) is 2.60. The van der Waals surface area contributed by atoms with Crippen molar-refractivity contribution in [1.82, 2.24) is 5.32 Å². The topological polar surface area (TPSA) is 38.3 Å². The van der Waals surface area contributed by atoms with Crippen LogP contribution in [0.25, 0.3) is 0 Å². The van der Waals surface area contributed by atoms with Crippen molar-refractivity contribution in [2.75, 3.05) is 19.0 Å². The van der Waals surface area contributed by atoms with Crippen LogP contribution in [0.2, 0.25) is 0 Å². The van der Waals surface area contributed by atoms with Gasteiger partial charge in [0.25, 0.3) is 0 Å². The van der Waals surface area contributed by atoms with E-state index in [4.69, 9.17) is 4.74 Å². The Morgan fingerprint density at radius 3 is 2.69 bits per heavy atom. The number of thiol groups is 1.